The van der Waals surface area contributed by atoms with Crippen LogP contribution in [0.1, 0.15) is 5.69 Å². The zero-order valence-corrected chi connectivity index (χ0v) is 9.25. The van der Waals surface area contributed by atoms with E-state index in [0.29, 0.717) is 18.8 Å². The van der Waals surface area contributed by atoms with Crippen molar-refractivity contribution in [2.24, 2.45) is 7.05 Å². The van der Waals surface area contributed by atoms with E-state index in [1.54, 1.807) is 24.1 Å². The number of aromatic amines is 1. The summed E-state index contributed by atoms with van der Waals surface area (Å²) in [5.74, 6) is 0.256. The van der Waals surface area contributed by atoms with Gasteiger partial charge in [-0.3, -0.25) is 4.57 Å². The predicted octanol–water partition coefficient (Wildman–Crippen LogP) is 0.706. The lowest BCUT2D eigenvalue weighted by molar-refractivity contribution is -0.388. The first-order valence-electron chi connectivity index (χ1n) is 5.05. The SMILES string of the molecule is Cn1cnc([N+](=O)[O-])c1NCCc1cnc[nH]1. The average Bonchev–Trinajstić information content (AvgIpc) is 2.89. The summed E-state index contributed by atoms with van der Waals surface area (Å²) in [5.41, 5.74) is 0.974. The molecule has 0 bridgehead atoms. The Morgan fingerprint density at radius 3 is 3.12 bits per heavy atom. The van der Waals surface area contributed by atoms with Crippen molar-refractivity contribution in [3.05, 3.63) is 34.7 Å². The molecule has 0 fully saturated rings. The summed E-state index contributed by atoms with van der Waals surface area (Å²) in [4.78, 5) is 20.8. The predicted molar refractivity (Wildman–Crippen MR) is 60.6 cm³/mol. The molecule has 2 aromatic heterocycles. The van der Waals surface area contributed by atoms with E-state index in [2.05, 4.69) is 20.3 Å². The third kappa shape index (κ3) is 2.41. The molecule has 0 aliphatic heterocycles. The molecule has 90 valence electrons. The Hall–Kier alpha value is -2.38. The van der Waals surface area contributed by atoms with E-state index in [0.717, 1.165) is 5.69 Å². The highest BCUT2D eigenvalue weighted by Crippen LogP contribution is 2.20. The second kappa shape index (κ2) is 4.64. The molecule has 0 saturated carbocycles. The van der Waals surface area contributed by atoms with Gasteiger partial charge in [0.25, 0.3) is 0 Å². The minimum atomic E-state index is -0.501. The summed E-state index contributed by atoms with van der Waals surface area (Å²) in [6.45, 7) is 0.572. The Labute approximate surface area is 96.9 Å². The maximum absolute atomic E-state index is 10.7. The van der Waals surface area contributed by atoms with Gasteiger partial charge in [-0.25, -0.2) is 4.98 Å². The number of nitro groups is 1. The van der Waals surface area contributed by atoms with Crippen molar-refractivity contribution in [3.8, 4) is 0 Å². The molecular weight excluding hydrogens is 224 g/mol. The van der Waals surface area contributed by atoms with Crippen molar-refractivity contribution in [2.45, 2.75) is 6.42 Å². The van der Waals surface area contributed by atoms with Crippen molar-refractivity contribution >= 4 is 11.6 Å². The molecule has 17 heavy (non-hydrogen) atoms. The van der Waals surface area contributed by atoms with Crippen molar-refractivity contribution in [1.82, 2.24) is 19.5 Å². The van der Waals surface area contributed by atoms with Gasteiger partial charge >= 0.3 is 5.82 Å². The Bertz CT molecular complexity index is 504. The second-order valence-electron chi connectivity index (χ2n) is 3.54. The van der Waals surface area contributed by atoms with Crippen LogP contribution in [0.2, 0.25) is 0 Å². The fraction of sp³-hybridized carbons (Fsp3) is 0.333. The second-order valence-corrected chi connectivity index (χ2v) is 3.54. The molecule has 2 N–H and O–H groups in total. The lowest BCUT2D eigenvalue weighted by atomic mass is 10.3. The summed E-state index contributed by atoms with van der Waals surface area (Å²) < 4.78 is 1.59. The Kier molecular flexibility index (Phi) is 3.03. The lowest BCUT2D eigenvalue weighted by Gasteiger charge is -2.04. The third-order valence-electron chi connectivity index (χ3n) is 2.33. The van der Waals surface area contributed by atoms with Gasteiger partial charge in [0.15, 0.2) is 0 Å². The van der Waals surface area contributed by atoms with Crippen molar-refractivity contribution < 1.29 is 4.92 Å². The molecule has 0 radical (unpaired) electrons. The van der Waals surface area contributed by atoms with E-state index in [-0.39, 0.29) is 5.82 Å². The minimum absolute atomic E-state index is 0.155. The zero-order chi connectivity index (χ0) is 12.3. The summed E-state index contributed by atoms with van der Waals surface area (Å²) in [5, 5.41) is 13.7. The first kappa shape index (κ1) is 11.1. The monoisotopic (exact) mass is 236 g/mol. The Morgan fingerprint density at radius 1 is 1.65 bits per heavy atom. The highest BCUT2D eigenvalue weighted by molar-refractivity contribution is 5.51. The number of nitrogens with zero attached hydrogens (tertiary/aromatic N) is 4. The molecule has 2 heterocycles. The molecule has 0 atom stereocenters. The number of aromatic nitrogens is 4. The van der Waals surface area contributed by atoms with Gasteiger partial charge in [-0.1, -0.05) is 0 Å². The van der Waals surface area contributed by atoms with E-state index in [1.165, 1.54) is 6.33 Å². The number of rotatable bonds is 5. The zero-order valence-electron chi connectivity index (χ0n) is 9.25. The van der Waals surface area contributed by atoms with Crippen LogP contribution in [0.4, 0.5) is 11.6 Å². The molecule has 0 spiro atoms. The van der Waals surface area contributed by atoms with E-state index >= 15 is 0 Å². The lowest BCUT2D eigenvalue weighted by Crippen LogP contribution is -2.09. The van der Waals surface area contributed by atoms with Gasteiger partial charge in [0.2, 0.25) is 12.1 Å². The number of H-pyrrole nitrogens is 1. The molecular formula is C9H12N6O2. The quantitative estimate of drug-likeness (QED) is 0.588. The number of hydrogen-bond acceptors (Lipinski definition) is 5. The maximum Gasteiger partial charge on any atom is 0.406 e. The fourth-order valence-corrected chi connectivity index (χ4v) is 1.49. The average molecular weight is 236 g/mol. The van der Waals surface area contributed by atoms with Crippen LogP contribution in [-0.2, 0) is 13.5 Å². The van der Waals surface area contributed by atoms with Gasteiger partial charge in [0.1, 0.15) is 0 Å². The molecule has 2 aromatic rings. The van der Waals surface area contributed by atoms with Crippen LogP contribution in [0.15, 0.2) is 18.9 Å². The first-order chi connectivity index (χ1) is 8.18. The molecule has 8 nitrogen and oxygen atoms in total. The minimum Gasteiger partial charge on any atom is -0.364 e. The molecule has 0 amide bonds. The van der Waals surface area contributed by atoms with Crippen LogP contribution < -0.4 is 5.32 Å². The van der Waals surface area contributed by atoms with Gasteiger partial charge in [0, 0.05) is 31.9 Å². The summed E-state index contributed by atoms with van der Waals surface area (Å²) in [7, 11) is 1.71. The largest absolute Gasteiger partial charge is 0.406 e. The van der Waals surface area contributed by atoms with Crippen LogP contribution in [0, 0.1) is 10.1 Å². The molecule has 0 unspecified atom stereocenters. The molecule has 0 saturated heterocycles. The maximum atomic E-state index is 10.7. The van der Waals surface area contributed by atoms with Gasteiger partial charge in [-0.2, -0.15) is 0 Å². The van der Waals surface area contributed by atoms with Crippen LogP contribution in [0.25, 0.3) is 0 Å². The van der Waals surface area contributed by atoms with Crippen LogP contribution in [0.5, 0.6) is 0 Å². The van der Waals surface area contributed by atoms with Crippen molar-refractivity contribution in [2.75, 3.05) is 11.9 Å². The highest BCUT2D eigenvalue weighted by Gasteiger charge is 2.19. The van der Waals surface area contributed by atoms with Crippen LogP contribution in [-0.4, -0.2) is 31.0 Å². The molecule has 0 aromatic carbocycles. The summed E-state index contributed by atoms with van der Waals surface area (Å²) in [6, 6.07) is 0. The standard InChI is InChI=1S/C9H12N6O2/c1-14-6-13-9(15(16)17)8(14)11-3-2-7-4-10-5-12-7/h4-6,11H,2-3H2,1H3,(H,10,12). The van der Waals surface area contributed by atoms with E-state index in [4.69, 9.17) is 0 Å². The van der Waals surface area contributed by atoms with Crippen LogP contribution in [0.3, 0.4) is 0 Å². The number of imidazole rings is 2. The van der Waals surface area contributed by atoms with E-state index in [1.807, 2.05) is 0 Å². The summed E-state index contributed by atoms with van der Waals surface area (Å²) >= 11 is 0. The fourth-order valence-electron chi connectivity index (χ4n) is 1.49. The topological polar surface area (TPSA) is 102 Å². The smallest absolute Gasteiger partial charge is 0.364 e. The normalized spacial score (nSPS) is 10.4. The summed E-state index contributed by atoms with van der Waals surface area (Å²) in [6.07, 6.45) is 5.44. The number of aryl methyl sites for hydroxylation is 1. The van der Waals surface area contributed by atoms with Gasteiger partial charge in [0.05, 0.1) is 6.33 Å². The van der Waals surface area contributed by atoms with Gasteiger partial charge in [-0.15, -0.1) is 0 Å². The molecule has 0 aliphatic rings. The molecule has 8 heteroatoms. The first-order valence-corrected chi connectivity index (χ1v) is 5.05. The van der Waals surface area contributed by atoms with E-state index in [9.17, 15) is 10.1 Å². The molecule has 0 aliphatic carbocycles. The van der Waals surface area contributed by atoms with Gasteiger partial charge in [-0.05, 0) is 9.91 Å². The number of anilines is 1. The number of hydrogen-bond donors (Lipinski definition) is 2. The number of nitrogens with one attached hydrogen (secondary N) is 2. The molecule has 2 rings (SSSR count). The van der Waals surface area contributed by atoms with Crippen molar-refractivity contribution in [1.29, 1.82) is 0 Å². The highest BCUT2D eigenvalue weighted by atomic mass is 16.6. The third-order valence-corrected chi connectivity index (χ3v) is 2.33. The van der Waals surface area contributed by atoms with E-state index < -0.39 is 4.92 Å². The van der Waals surface area contributed by atoms with Gasteiger partial charge < -0.3 is 20.4 Å². The van der Waals surface area contributed by atoms with Crippen molar-refractivity contribution in [3.63, 3.8) is 0 Å². The van der Waals surface area contributed by atoms with Crippen LogP contribution >= 0.6 is 0 Å². The Balaban J connectivity index is 1.99. The Morgan fingerprint density at radius 2 is 2.47 bits per heavy atom.